The van der Waals surface area contributed by atoms with Crippen molar-refractivity contribution >= 4 is 17.4 Å². The van der Waals surface area contributed by atoms with E-state index in [9.17, 15) is 14.9 Å². The Labute approximate surface area is 127 Å². The van der Waals surface area contributed by atoms with Crippen molar-refractivity contribution in [1.82, 2.24) is 5.32 Å². The van der Waals surface area contributed by atoms with Crippen LogP contribution in [0.5, 0.6) is 5.75 Å². The van der Waals surface area contributed by atoms with E-state index >= 15 is 0 Å². The first-order valence-electron chi connectivity index (χ1n) is 6.76. The van der Waals surface area contributed by atoms with Crippen molar-refractivity contribution < 1.29 is 19.2 Å². The molecule has 8 heteroatoms. The van der Waals surface area contributed by atoms with Crippen LogP contribution in [0.15, 0.2) is 30.0 Å². The predicted molar refractivity (Wildman–Crippen MR) is 79.9 cm³/mol. The molecule has 0 aromatic heterocycles. The zero-order chi connectivity index (χ0) is 15.9. The molecule has 0 unspecified atom stereocenters. The lowest BCUT2D eigenvalue weighted by atomic mass is 10.1. The number of urea groups is 1. The van der Waals surface area contributed by atoms with Gasteiger partial charge in [0.1, 0.15) is 5.75 Å². The third-order valence-electron chi connectivity index (χ3n) is 3.19. The van der Waals surface area contributed by atoms with Gasteiger partial charge in [-0.3, -0.25) is 10.1 Å². The number of anilines is 1. The molecule has 2 rings (SSSR count). The third kappa shape index (κ3) is 4.19. The number of hydrogen-bond donors (Lipinski definition) is 2. The Kier molecular flexibility index (Phi) is 5.31. The molecule has 1 aromatic rings. The molecule has 1 aliphatic heterocycles. The molecule has 2 amide bonds. The molecule has 0 radical (unpaired) electrons. The van der Waals surface area contributed by atoms with Gasteiger partial charge in [0, 0.05) is 12.3 Å². The number of nitro benzene ring substituents is 1. The summed E-state index contributed by atoms with van der Waals surface area (Å²) in [6.45, 7) is 1.32. The second-order valence-corrected chi connectivity index (χ2v) is 4.66. The van der Waals surface area contributed by atoms with Gasteiger partial charge in [-0.15, -0.1) is 0 Å². The molecule has 2 N–H and O–H groups in total. The highest BCUT2D eigenvalue weighted by molar-refractivity contribution is 5.91. The highest BCUT2D eigenvalue weighted by atomic mass is 16.6. The molecule has 0 bridgehead atoms. The van der Waals surface area contributed by atoms with Crippen LogP contribution in [-0.4, -0.2) is 31.3 Å². The summed E-state index contributed by atoms with van der Waals surface area (Å²) in [5, 5.41) is 15.9. The summed E-state index contributed by atoms with van der Waals surface area (Å²) in [5.41, 5.74) is 1.36. The number of nitrogens with one attached hydrogen (secondary N) is 2. The average Bonchev–Trinajstić information content (AvgIpc) is 2.54. The molecule has 8 nitrogen and oxygen atoms in total. The quantitative estimate of drug-likeness (QED) is 0.657. The van der Waals surface area contributed by atoms with Crippen LogP contribution in [0.3, 0.4) is 0 Å². The van der Waals surface area contributed by atoms with Crippen molar-refractivity contribution in [3.05, 3.63) is 40.1 Å². The van der Waals surface area contributed by atoms with Crippen LogP contribution in [0.4, 0.5) is 16.2 Å². The summed E-state index contributed by atoms with van der Waals surface area (Å²) in [6, 6.07) is 3.55. The van der Waals surface area contributed by atoms with Crippen molar-refractivity contribution in [2.24, 2.45) is 0 Å². The van der Waals surface area contributed by atoms with E-state index in [-0.39, 0.29) is 11.4 Å². The molecule has 0 aliphatic carbocycles. The third-order valence-corrected chi connectivity index (χ3v) is 3.19. The van der Waals surface area contributed by atoms with Crippen molar-refractivity contribution in [1.29, 1.82) is 0 Å². The fourth-order valence-corrected chi connectivity index (χ4v) is 2.00. The number of nitrogens with zero attached hydrogens (tertiary/aromatic N) is 1. The van der Waals surface area contributed by atoms with Crippen LogP contribution in [0.2, 0.25) is 0 Å². The Morgan fingerprint density at radius 2 is 2.14 bits per heavy atom. The van der Waals surface area contributed by atoms with E-state index in [0.717, 1.165) is 18.4 Å². The van der Waals surface area contributed by atoms with Crippen LogP contribution in [0.25, 0.3) is 0 Å². The number of ether oxygens (including phenoxy) is 2. The highest BCUT2D eigenvalue weighted by Crippen LogP contribution is 2.28. The second-order valence-electron chi connectivity index (χ2n) is 4.66. The van der Waals surface area contributed by atoms with Gasteiger partial charge in [-0.05, 0) is 24.5 Å². The number of methoxy groups -OCH3 is 1. The number of nitro groups is 1. The van der Waals surface area contributed by atoms with E-state index < -0.39 is 11.0 Å². The van der Waals surface area contributed by atoms with Crippen molar-refractivity contribution in [3.63, 3.8) is 0 Å². The highest BCUT2D eigenvalue weighted by Gasteiger charge is 2.13. The van der Waals surface area contributed by atoms with Crippen molar-refractivity contribution in [3.8, 4) is 5.75 Å². The maximum Gasteiger partial charge on any atom is 0.323 e. The van der Waals surface area contributed by atoms with Crippen molar-refractivity contribution in [2.75, 3.05) is 25.6 Å². The molecule has 0 spiro atoms. The van der Waals surface area contributed by atoms with E-state index in [4.69, 9.17) is 9.47 Å². The van der Waals surface area contributed by atoms with E-state index in [1.54, 1.807) is 6.20 Å². The minimum absolute atomic E-state index is 0.105. The van der Waals surface area contributed by atoms with E-state index in [0.29, 0.717) is 18.9 Å². The van der Waals surface area contributed by atoms with Crippen LogP contribution >= 0.6 is 0 Å². The van der Waals surface area contributed by atoms with Crippen LogP contribution in [0, 0.1) is 10.1 Å². The Morgan fingerprint density at radius 3 is 2.77 bits per heavy atom. The van der Waals surface area contributed by atoms with Gasteiger partial charge in [0.15, 0.2) is 0 Å². The van der Waals surface area contributed by atoms with E-state index in [1.165, 1.54) is 25.3 Å². The predicted octanol–water partition coefficient (Wildman–Crippen LogP) is 2.42. The lowest BCUT2D eigenvalue weighted by Crippen LogP contribution is -2.25. The van der Waals surface area contributed by atoms with Crippen LogP contribution < -0.4 is 15.4 Å². The molecule has 1 fully saturated rings. The van der Waals surface area contributed by atoms with Gasteiger partial charge in [0.25, 0.3) is 5.69 Å². The average molecular weight is 307 g/mol. The second kappa shape index (κ2) is 7.41. The normalized spacial score (nSPS) is 14.1. The largest absolute Gasteiger partial charge is 0.494 e. The molecular formula is C14H17N3O5. The molecule has 1 heterocycles. The summed E-state index contributed by atoms with van der Waals surface area (Å²) in [6.07, 6.45) is 3.25. The van der Waals surface area contributed by atoms with Gasteiger partial charge >= 0.3 is 6.03 Å². The SMILES string of the molecule is COc1cc([N+](=O)[O-])ccc1NC(=O)NC=C1CCOCC1. The fraction of sp³-hybridized carbons (Fsp3) is 0.357. The molecule has 1 saturated heterocycles. The molecule has 1 aliphatic rings. The van der Waals surface area contributed by atoms with Gasteiger partial charge in [-0.1, -0.05) is 0 Å². The number of rotatable bonds is 4. The first-order valence-corrected chi connectivity index (χ1v) is 6.76. The number of amides is 2. The number of carbonyl (C=O) groups excluding carboxylic acids is 1. The van der Waals surface area contributed by atoms with E-state index in [1.807, 2.05) is 0 Å². The summed E-state index contributed by atoms with van der Waals surface area (Å²) < 4.78 is 10.3. The Morgan fingerprint density at radius 1 is 1.41 bits per heavy atom. The summed E-state index contributed by atoms with van der Waals surface area (Å²) in [5.74, 6) is 0.225. The van der Waals surface area contributed by atoms with Crippen LogP contribution in [0.1, 0.15) is 12.8 Å². The fourth-order valence-electron chi connectivity index (χ4n) is 2.00. The number of non-ortho nitro benzene ring substituents is 1. The molecule has 118 valence electrons. The molecular weight excluding hydrogens is 290 g/mol. The zero-order valence-corrected chi connectivity index (χ0v) is 12.1. The molecule has 0 atom stereocenters. The molecule has 1 aromatic carbocycles. The van der Waals surface area contributed by atoms with Crippen molar-refractivity contribution in [2.45, 2.75) is 12.8 Å². The Bertz CT molecular complexity index is 592. The minimum Gasteiger partial charge on any atom is -0.494 e. The summed E-state index contributed by atoms with van der Waals surface area (Å²) >= 11 is 0. The number of hydrogen-bond acceptors (Lipinski definition) is 5. The van der Waals surface area contributed by atoms with Crippen LogP contribution in [-0.2, 0) is 4.74 Å². The van der Waals surface area contributed by atoms with Gasteiger partial charge < -0.3 is 20.1 Å². The first kappa shape index (κ1) is 15.8. The Hall–Kier alpha value is -2.61. The summed E-state index contributed by atoms with van der Waals surface area (Å²) in [4.78, 5) is 22.0. The van der Waals surface area contributed by atoms with Gasteiger partial charge in [-0.25, -0.2) is 4.79 Å². The molecule has 0 saturated carbocycles. The monoisotopic (exact) mass is 307 g/mol. The first-order chi connectivity index (χ1) is 10.6. The zero-order valence-electron chi connectivity index (χ0n) is 12.1. The maximum atomic E-state index is 11.9. The number of carbonyl (C=O) groups is 1. The van der Waals surface area contributed by atoms with Gasteiger partial charge in [0.2, 0.25) is 0 Å². The standard InChI is InChI=1S/C14H17N3O5/c1-21-13-8-11(17(19)20)2-3-12(13)16-14(18)15-9-10-4-6-22-7-5-10/h2-3,8-9H,4-7H2,1H3,(H2,15,16,18). The minimum atomic E-state index is -0.526. The summed E-state index contributed by atoms with van der Waals surface area (Å²) in [7, 11) is 1.38. The topological polar surface area (TPSA) is 103 Å². The van der Waals surface area contributed by atoms with Gasteiger partial charge in [0.05, 0.1) is 37.0 Å². The lowest BCUT2D eigenvalue weighted by molar-refractivity contribution is -0.384. The maximum absolute atomic E-state index is 11.9. The number of benzene rings is 1. The lowest BCUT2D eigenvalue weighted by Gasteiger charge is -2.15. The Balaban J connectivity index is 2.00. The molecule has 22 heavy (non-hydrogen) atoms. The van der Waals surface area contributed by atoms with Gasteiger partial charge in [-0.2, -0.15) is 0 Å². The smallest absolute Gasteiger partial charge is 0.323 e. The van der Waals surface area contributed by atoms with E-state index in [2.05, 4.69) is 10.6 Å².